The molecular formula is C22H30N2O5. The van der Waals surface area contributed by atoms with Crippen molar-refractivity contribution in [2.24, 2.45) is 5.73 Å². The van der Waals surface area contributed by atoms with Gasteiger partial charge < -0.3 is 25.6 Å². The van der Waals surface area contributed by atoms with Crippen LogP contribution in [0.2, 0.25) is 0 Å². The zero-order chi connectivity index (χ0) is 21.6. The van der Waals surface area contributed by atoms with Gasteiger partial charge in [-0.1, -0.05) is 60.7 Å². The van der Waals surface area contributed by atoms with Crippen molar-refractivity contribution in [1.29, 1.82) is 0 Å². The summed E-state index contributed by atoms with van der Waals surface area (Å²) in [6.45, 7) is 1.31. The van der Waals surface area contributed by atoms with E-state index in [9.17, 15) is 9.59 Å². The summed E-state index contributed by atoms with van der Waals surface area (Å²) in [6.07, 6.45) is 0.721. The second-order valence-corrected chi connectivity index (χ2v) is 6.47. The van der Waals surface area contributed by atoms with E-state index in [1.54, 1.807) is 14.2 Å². The van der Waals surface area contributed by atoms with Crippen LogP contribution in [0.3, 0.4) is 0 Å². The standard InChI is InChI=1S/C11H13NO3.C11H17NO2/c1-8(13)12-10(11(14)15)7-9-5-3-2-4-6-9;1-13-11(14-2)10(12)8-9-6-4-3-5-7-9/h2-6,10H,7H2,1H3,(H,12,13)(H,14,15);3-7,10-11H,8,12H2,1-2H3/t2*10-/m01/s1. The lowest BCUT2D eigenvalue weighted by molar-refractivity contribution is -0.141. The normalized spacial score (nSPS) is 12.4. The molecule has 29 heavy (non-hydrogen) atoms. The van der Waals surface area contributed by atoms with Crippen molar-refractivity contribution in [2.75, 3.05) is 14.2 Å². The number of aliphatic carboxylic acids is 1. The van der Waals surface area contributed by atoms with Crippen LogP contribution in [0.25, 0.3) is 0 Å². The fourth-order valence-electron chi connectivity index (χ4n) is 2.72. The van der Waals surface area contributed by atoms with Crippen LogP contribution in [0.5, 0.6) is 0 Å². The molecule has 7 heteroatoms. The third-order valence-electron chi connectivity index (χ3n) is 4.09. The first-order valence-electron chi connectivity index (χ1n) is 9.26. The molecule has 0 aliphatic rings. The Kier molecular flexibility index (Phi) is 11.3. The monoisotopic (exact) mass is 402 g/mol. The average Bonchev–Trinajstić information content (AvgIpc) is 2.70. The fraction of sp³-hybridized carbons (Fsp3) is 0.364. The largest absolute Gasteiger partial charge is 0.480 e. The minimum Gasteiger partial charge on any atom is -0.480 e. The van der Waals surface area contributed by atoms with E-state index in [4.69, 9.17) is 20.3 Å². The second-order valence-electron chi connectivity index (χ2n) is 6.47. The number of amides is 1. The van der Waals surface area contributed by atoms with E-state index in [1.807, 2.05) is 60.7 Å². The lowest BCUT2D eigenvalue weighted by atomic mass is 10.1. The molecule has 0 saturated heterocycles. The smallest absolute Gasteiger partial charge is 0.326 e. The summed E-state index contributed by atoms with van der Waals surface area (Å²) in [5, 5.41) is 11.3. The summed E-state index contributed by atoms with van der Waals surface area (Å²) in [6, 6.07) is 18.3. The predicted octanol–water partition coefficient (Wildman–Crippen LogP) is 1.99. The van der Waals surface area contributed by atoms with Crippen LogP contribution >= 0.6 is 0 Å². The van der Waals surface area contributed by atoms with Gasteiger partial charge in [-0.05, 0) is 17.5 Å². The van der Waals surface area contributed by atoms with Crippen molar-refractivity contribution >= 4 is 11.9 Å². The van der Waals surface area contributed by atoms with Gasteiger partial charge in [-0.25, -0.2) is 4.79 Å². The number of carboxylic acid groups (broad SMARTS) is 1. The number of carbonyl (C=O) groups excluding carboxylic acids is 1. The number of hydrogen-bond acceptors (Lipinski definition) is 5. The predicted molar refractivity (Wildman–Crippen MR) is 111 cm³/mol. The Morgan fingerprint density at radius 1 is 0.931 bits per heavy atom. The Labute approximate surface area is 171 Å². The van der Waals surface area contributed by atoms with Crippen LogP contribution < -0.4 is 11.1 Å². The molecule has 0 saturated carbocycles. The van der Waals surface area contributed by atoms with Crippen molar-refractivity contribution in [1.82, 2.24) is 5.32 Å². The highest BCUT2D eigenvalue weighted by Gasteiger charge is 2.18. The summed E-state index contributed by atoms with van der Waals surface area (Å²) in [5.41, 5.74) is 8.00. The van der Waals surface area contributed by atoms with Gasteiger partial charge in [-0.2, -0.15) is 0 Å². The van der Waals surface area contributed by atoms with Crippen LogP contribution in [0.15, 0.2) is 60.7 Å². The number of nitrogens with one attached hydrogen (secondary N) is 1. The fourth-order valence-corrected chi connectivity index (χ4v) is 2.72. The van der Waals surface area contributed by atoms with Gasteiger partial charge in [0.25, 0.3) is 0 Å². The zero-order valence-corrected chi connectivity index (χ0v) is 17.1. The Morgan fingerprint density at radius 2 is 1.38 bits per heavy atom. The maximum atomic E-state index is 10.8. The molecule has 0 fully saturated rings. The third kappa shape index (κ3) is 9.84. The number of nitrogens with two attached hydrogens (primary N) is 1. The molecule has 2 aromatic carbocycles. The maximum absolute atomic E-state index is 10.8. The Hall–Kier alpha value is -2.74. The molecule has 0 spiro atoms. The van der Waals surface area contributed by atoms with E-state index in [-0.39, 0.29) is 18.2 Å². The van der Waals surface area contributed by atoms with E-state index in [0.29, 0.717) is 6.42 Å². The molecule has 4 N–H and O–H groups in total. The van der Waals surface area contributed by atoms with Crippen molar-refractivity contribution in [3.8, 4) is 0 Å². The maximum Gasteiger partial charge on any atom is 0.326 e. The van der Waals surface area contributed by atoms with E-state index < -0.39 is 12.0 Å². The van der Waals surface area contributed by atoms with Crippen molar-refractivity contribution in [3.63, 3.8) is 0 Å². The first kappa shape index (κ1) is 24.3. The van der Waals surface area contributed by atoms with Gasteiger partial charge in [0.15, 0.2) is 6.29 Å². The van der Waals surface area contributed by atoms with Gasteiger partial charge in [0.2, 0.25) is 5.91 Å². The first-order valence-corrected chi connectivity index (χ1v) is 9.26. The molecule has 7 nitrogen and oxygen atoms in total. The van der Waals surface area contributed by atoms with E-state index in [2.05, 4.69) is 5.32 Å². The van der Waals surface area contributed by atoms with E-state index in [1.165, 1.54) is 12.5 Å². The summed E-state index contributed by atoms with van der Waals surface area (Å²) in [7, 11) is 3.19. The molecule has 0 aliphatic heterocycles. The van der Waals surface area contributed by atoms with Crippen molar-refractivity contribution < 1.29 is 24.2 Å². The highest BCUT2D eigenvalue weighted by atomic mass is 16.7. The molecule has 2 atom stereocenters. The third-order valence-corrected chi connectivity index (χ3v) is 4.09. The second kappa shape index (κ2) is 13.4. The molecule has 0 aromatic heterocycles. The summed E-state index contributed by atoms with van der Waals surface area (Å²) < 4.78 is 10.2. The van der Waals surface area contributed by atoms with Crippen molar-refractivity contribution in [2.45, 2.75) is 38.1 Å². The molecule has 0 heterocycles. The van der Waals surface area contributed by atoms with Gasteiger partial charge in [-0.15, -0.1) is 0 Å². The number of hydrogen-bond donors (Lipinski definition) is 3. The van der Waals surface area contributed by atoms with Crippen LogP contribution in [0.4, 0.5) is 0 Å². The van der Waals surface area contributed by atoms with Gasteiger partial charge in [0, 0.05) is 27.6 Å². The lowest BCUT2D eigenvalue weighted by Gasteiger charge is -2.20. The quantitative estimate of drug-likeness (QED) is 0.553. The molecular weight excluding hydrogens is 372 g/mol. The van der Waals surface area contributed by atoms with Gasteiger partial charge in [0.05, 0.1) is 6.04 Å². The minimum atomic E-state index is -1.02. The Balaban J connectivity index is 0.000000291. The van der Waals surface area contributed by atoms with Crippen LogP contribution in [0, 0.1) is 0 Å². The number of carbonyl (C=O) groups is 2. The van der Waals surface area contributed by atoms with Gasteiger partial charge >= 0.3 is 5.97 Å². The lowest BCUT2D eigenvalue weighted by Crippen LogP contribution is -2.41. The topological polar surface area (TPSA) is 111 Å². The average molecular weight is 402 g/mol. The number of benzene rings is 2. The molecule has 1 amide bonds. The van der Waals surface area contributed by atoms with Gasteiger partial charge in [-0.3, -0.25) is 4.79 Å². The highest BCUT2D eigenvalue weighted by molar-refractivity contribution is 5.82. The van der Waals surface area contributed by atoms with Crippen LogP contribution in [-0.4, -0.2) is 49.6 Å². The number of methoxy groups -OCH3 is 2. The van der Waals surface area contributed by atoms with Crippen molar-refractivity contribution in [3.05, 3.63) is 71.8 Å². The first-order chi connectivity index (χ1) is 13.9. The molecule has 2 rings (SSSR count). The number of carboxylic acids is 1. The summed E-state index contributed by atoms with van der Waals surface area (Å²) in [5.74, 6) is -1.35. The van der Waals surface area contributed by atoms with Gasteiger partial charge in [0.1, 0.15) is 6.04 Å². The van der Waals surface area contributed by atoms with Crippen LogP contribution in [0.1, 0.15) is 18.1 Å². The van der Waals surface area contributed by atoms with E-state index in [0.717, 1.165) is 12.0 Å². The molecule has 0 radical (unpaired) electrons. The highest BCUT2D eigenvalue weighted by Crippen LogP contribution is 2.06. The summed E-state index contributed by atoms with van der Waals surface area (Å²) >= 11 is 0. The summed E-state index contributed by atoms with van der Waals surface area (Å²) in [4.78, 5) is 21.6. The number of rotatable bonds is 9. The number of ether oxygens (including phenoxy) is 2. The Bertz CT molecular complexity index is 720. The SMILES string of the molecule is CC(=O)N[C@@H](Cc1ccccc1)C(=O)O.COC(OC)[C@H](N)Cc1ccccc1. The molecule has 0 aliphatic carbocycles. The van der Waals surface area contributed by atoms with Crippen LogP contribution in [-0.2, 0) is 31.9 Å². The minimum absolute atomic E-state index is 0.132. The Morgan fingerprint density at radius 3 is 1.76 bits per heavy atom. The molecule has 158 valence electrons. The molecule has 0 bridgehead atoms. The zero-order valence-electron chi connectivity index (χ0n) is 17.1. The van der Waals surface area contributed by atoms with E-state index >= 15 is 0 Å². The molecule has 2 aromatic rings. The molecule has 0 unspecified atom stereocenters.